The topological polar surface area (TPSA) is 21.7 Å². The molecule has 222 valence electrons. The van der Waals surface area contributed by atoms with Crippen molar-refractivity contribution in [3.8, 4) is 45.3 Å². The van der Waals surface area contributed by atoms with Crippen molar-refractivity contribution >= 4 is 40.2 Å². The van der Waals surface area contributed by atoms with E-state index in [0.717, 1.165) is 78.7 Å². The van der Waals surface area contributed by atoms with E-state index >= 15 is 0 Å². The summed E-state index contributed by atoms with van der Waals surface area (Å²) in [5, 5.41) is 0. The minimum absolute atomic E-state index is 0.0279. The second kappa shape index (κ2) is 11.1. The minimum atomic E-state index is -0.0279. The summed E-state index contributed by atoms with van der Waals surface area (Å²) in [4.78, 5) is 2.29. The molecule has 0 unspecified atom stereocenters. The second-order valence-electron chi connectivity index (χ2n) is 12.2. The lowest BCUT2D eigenvalue weighted by atomic mass is 9.34. The maximum absolute atomic E-state index is 6.88. The van der Waals surface area contributed by atoms with Crippen LogP contribution in [0.15, 0.2) is 164 Å². The molecule has 9 rings (SSSR count). The van der Waals surface area contributed by atoms with E-state index in [2.05, 4.69) is 163 Å². The van der Waals surface area contributed by atoms with E-state index in [9.17, 15) is 0 Å². The summed E-state index contributed by atoms with van der Waals surface area (Å²) in [6.45, 7) is 2.12. The molecule has 2 aliphatic rings. The highest BCUT2D eigenvalue weighted by atomic mass is 16.5. The lowest BCUT2D eigenvalue weighted by Crippen LogP contribution is -2.57. The van der Waals surface area contributed by atoms with Gasteiger partial charge in [0.1, 0.15) is 23.0 Å². The third kappa shape index (κ3) is 4.69. The highest BCUT2D eigenvalue weighted by Gasteiger charge is 2.41. The fourth-order valence-electron chi connectivity index (χ4n) is 7.05. The van der Waals surface area contributed by atoms with Gasteiger partial charge in [-0.15, -0.1) is 0 Å². The average molecular weight is 604 g/mol. The standard InChI is InChI=1S/C43H30BNO2/c1-29-13-11-12-20-38(29)45(34-18-9-4-10-19-34)35-27-41-43-42(28-35)47-40-26-33(31-16-7-3-8-17-31)22-24-37(40)44(43)36-23-21-32(25-39(36)46-41)30-14-5-2-6-15-30/h2-28H,1H3. The van der Waals surface area contributed by atoms with Gasteiger partial charge in [0.25, 0.3) is 6.71 Å². The van der Waals surface area contributed by atoms with Gasteiger partial charge in [-0.2, -0.15) is 0 Å². The van der Waals surface area contributed by atoms with E-state index in [1.165, 1.54) is 5.56 Å². The summed E-state index contributed by atoms with van der Waals surface area (Å²) < 4.78 is 13.8. The van der Waals surface area contributed by atoms with Crippen molar-refractivity contribution in [2.24, 2.45) is 0 Å². The zero-order valence-electron chi connectivity index (χ0n) is 25.9. The van der Waals surface area contributed by atoms with Gasteiger partial charge in [0, 0.05) is 29.0 Å². The normalized spacial score (nSPS) is 12.2. The van der Waals surface area contributed by atoms with E-state index in [1.54, 1.807) is 0 Å². The fraction of sp³-hybridized carbons (Fsp3) is 0.0233. The van der Waals surface area contributed by atoms with Gasteiger partial charge in [-0.1, -0.05) is 121 Å². The fourth-order valence-corrected chi connectivity index (χ4v) is 7.05. The lowest BCUT2D eigenvalue weighted by molar-refractivity contribution is 0.465. The molecule has 7 aromatic carbocycles. The predicted molar refractivity (Wildman–Crippen MR) is 194 cm³/mol. The molecule has 4 heteroatoms. The van der Waals surface area contributed by atoms with Crippen LogP contribution >= 0.6 is 0 Å². The van der Waals surface area contributed by atoms with Crippen LogP contribution in [0.3, 0.4) is 0 Å². The Morgan fingerprint density at radius 1 is 0.426 bits per heavy atom. The predicted octanol–water partition coefficient (Wildman–Crippen LogP) is 9.53. The Hall–Kier alpha value is -6.00. The zero-order valence-corrected chi connectivity index (χ0v) is 25.9. The molecule has 0 amide bonds. The number of ether oxygens (including phenoxy) is 2. The molecular formula is C43H30BNO2. The van der Waals surface area contributed by atoms with Crippen molar-refractivity contribution in [2.45, 2.75) is 6.92 Å². The molecule has 0 bridgehead atoms. The number of aryl methyl sites for hydroxylation is 1. The molecule has 47 heavy (non-hydrogen) atoms. The van der Waals surface area contributed by atoms with Gasteiger partial charge in [-0.25, -0.2) is 0 Å². The lowest BCUT2D eigenvalue weighted by Gasteiger charge is -2.35. The molecule has 0 saturated heterocycles. The third-order valence-electron chi connectivity index (χ3n) is 9.31. The monoisotopic (exact) mass is 603 g/mol. The van der Waals surface area contributed by atoms with Gasteiger partial charge in [-0.05, 0) is 76.0 Å². The number of hydrogen-bond donors (Lipinski definition) is 0. The van der Waals surface area contributed by atoms with Crippen molar-refractivity contribution in [2.75, 3.05) is 4.90 Å². The smallest absolute Gasteiger partial charge is 0.260 e. The maximum atomic E-state index is 6.88. The molecule has 0 aliphatic carbocycles. The van der Waals surface area contributed by atoms with Gasteiger partial charge >= 0.3 is 0 Å². The molecule has 0 radical (unpaired) electrons. The summed E-state index contributed by atoms with van der Waals surface area (Å²) in [5.74, 6) is 3.36. The number of benzene rings is 7. The van der Waals surface area contributed by atoms with Crippen LogP contribution in [-0.4, -0.2) is 6.71 Å². The first kappa shape index (κ1) is 27.3. The average Bonchev–Trinajstić information content (AvgIpc) is 3.13. The Balaban J connectivity index is 1.26. The molecule has 7 aromatic rings. The van der Waals surface area contributed by atoms with Crippen LogP contribution in [0, 0.1) is 6.92 Å². The second-order valence-corrected chi connectivity index (χ2v) is 12.2. The molecule has 3 nitrogen and oxygen atoms in total. The molecule has 2 aliphatic heterocycles. The Labute approximate surface area is 275 Å². The number of nitrogens with zero attached hydrogens (tertiary/aromatic N) is 1. The molecule has 0 spiro atoms. The SMILES string of the molecule is Cc1ccccc1N(c1ccccc1)c1cc2c3c(c1)Oc1cc(-c4ccccc4)ccc1B3c1ccc(-c3ccccc3)cc1O2. The summed E-state index contributed by atoms with van der Waals surface area (Å²) in [5.41, 5.74) is 12.2. The minimum Gasteiger partial charge on any atom is -0.458 e. The summed E-state index contributed by atoms with van der Waals surface area (Å²) in [7, 11) is 0. The van der Waals surface area contributed by atoms with Crippen LogP contribution in [-0.2, 0) is 0 Å². The van der Waals surface area contributed by atoms with Gasteiger partial charge in [0.15, 0.2) is 0 Å². The Bertz CT molecular complexity index is 2150. The summed E-state index contributed by atoms with van der Waals surface area (Å²) in [6, 6.07) is 57.6. The molecule has 0 fully saturated rings. The van der Waals surface area contributed by atoms with Gasteiger partial charge < -0.3 is 14.4 Å². The number of rotatable bonds is 5. The first-order valence-electron chi connectivity index (χ1n) is 16.0. The Morgan fingerprint density at radius 2 is 0.915 bits per heavy atom. The van der Waals surface area contributed by atoms with E-state index in [1.807, 2.05) is 12.1 Å². The molecule has 0 saturated carbocycles. The molecule has 0 N–H and O–H groups in total. The molecular weight excluding hydrogens is 573 g/mol. The number of anilines is 3. The van der Waals surface area contributed by atoms with Crippen LogP contribution in [0.25, 0.3) is 22.3 Å². The van der Waals surface area contributed by atoms with E-state index in [-0.39, 0.29) is 6.71 Å². The maximum Gasteiger partial charge on any atom is 0.260 e. The van der Waals surface area contributed by atoms with Gasteiger partial charge in [0.2, 0.25) is 0 Å². The van der Waals surface area contributed by atoms with Crippen LogP contribution in [0.5, 0.6) is 23.0 Å². The summed E-state index contributed by atoms with van der Waals surface area (Å²) >= 11 is 0. The first-order chi connectivity index (χ1) is 23.2. The molecule has 0 atom stereocenters. The van der Waals surface area contributed by atoms with Crippen molar-refractivity contribution in [3.05, 3.63) is 169 Å². The van der Waals surface area contributed by atoms with Crippen LogP contribution < -0.4 is 30.8 Å². The van der Waals surface area contributed by atoms with Crippen LogP contribution in [0.2, 0.25) is 0 Å². The van der Waals surface area contributed by atoms with Gasteiger partial charge in [-0.3, -0.25) is 0 Å². The highest BCUT2D eigenvalue weighted by molar-refractivity contribution is 6.98. The van der Waals surface area contributed by atoms with Gasteiger partial charge in [0.05, 0.1) is 5.69 Å². The van der Waals surface area contributed by atoms with Crippen molar-refractivity contribution < 1.29 is 9.47 Å². The van der Waals surface area contributed by atoms with Crippen molar-refractivity contribution in [3.63, 3.8) is 0 Å². The van der Waals surface area contributed by atoms with Crippen molar-refractivity contribution in [1.82, 2.24) is 0 Å². The molecule has 0 aromatic heterocycles. The number of fused-ring (bicyclic) bond motifs is 4. The van der Waals surface area contributed by atoms with Crippen LogP contribution in [0.1, 0.15) is 5.56 Å². The van der Waals surface area contributed by atoms with E-state index in [4.69, 9.17) is 9.47 Å². The number of para-hydroxylation sites is 2. The third-order valence-corrected chi connectivity index (χ3v) is 9.31. The van der Waals surface area contributed by atoms with Crippen LogP contribution in [0.4, 0.5) is 17.1 Å². The zero-order chi connectivity index (χ0) is 31.3. The largest absolute Gasteiger partial charge is 0.458 e. The number of hydrogen-bond acceptors (Lipinski definition) is 3. The van der Waals surface area contributed by atoms with E-state index < -0.39 is 0 Å². The first-order valence-corrected chi connectivity index (χ1v) is 16.0. The van der Waals surface area contributed by atoms with Crippen molar-refractivity contribution in [1.29, 1.82) is 0 Å². The quantitative estimate of drug-likeness (QED) is 0.183. The Morgan fingerprint density at radius 3 is 1.45 bits per heavy atom. The van der Waals surface area contributed by atoms with E-state index in [0.29, 0.717) is 0 Å². The molecule has 2 heterocycles. The summed E-state index contributed by atoms with van der Waals surface area (Å²) in [6.07, 6.45) is 0. The highest BCUT2D eigenvalue weighted by Crippen LogP contribution is 2.44. The Kier molecular flexibility index (Phi) is 6.46.